The van der Waals surface area contributed by atoms with E-state index in [2.05, 4.69) is 52.3 Å². The van der Waals surface area contributed by atoms with Crippen molar-refractivity contribution in [1.82, 2.24) is 31.6 Å². The van der Waals surface area contributed by atoms with Gasteiger partial charge in [0.1, 0.15) is 18.2 Å². The largest absolute Gasteiger partial charge is 0.462 e. The van der Waals surface area contributed by atoms with Crippen molar-refractivity contribution in [2.45, 2.75) is 258 Å². The third-order valence-electron chi connectivity index (χ3n) is 14.3. The topological polar surface area (TPSA) is 217 Å². The lowest BCUT2D eigenvalue weighted by atomic mass is 9.98. The smallest absolute Gasteiger partial charge is 0.306 e. The lowest BCUT2D eigenvalue weighted by Gasteiger charge is -2.24. The highest BCUT2D eigenvalue weighted by molar-refractivity contribution is 5.94. The summed E-state index contributed by atoms with van der Waals surface area (Å²) in [5, 5.41) is 24.8. The van der Waals surface area contributed by atoms with Crippen molar-refractivity contribution in [3.63, 3.8) is 0 Å². The molecule has 0 spiro atoms. The van der Waals surface area contributed by atoms with Crippen LogP contribution >= 0.6 is 0 Å². The number of esters is 1. The van der Waals surface area contributed by atoms with Crippen molar-refractivity contribution >= 4 is 46.4 Å². The number of para-hydroxylation sites is 1. The van der Waals surface area contributed by atoms with Crippen LogP contribution in [-0.2, 0) is 44.7 Å². The van der Waals surface area contributed by atoms with Gasteiger partial charge in [0.15, 0.2) is 0 Å². The zero-order chi connectivity index (χ0) is 54.7. The first-order chi connectivity index (χ1) is 36.4. The van der Waals surface area contributed by atoms with Gasteiger partial charge in [-0.25, -0.2) is 0 Å². The number of aromatic amines is 1. The standard InChI is InChI=1S/C60H104N6O9/c1-6-10-13-16-18-20-21-23-24-27-30-37-54(68)64-49(46-74-40-39-50(34-29-26-15-12-8-3)75-57(71)38-31-28-25-22-19-17-14-11-7-2)43-62-59(72)53(45-67)65-56(70)44-63-60(73)58(47(5)9-4)66-55(69)41-48-42-61-52-36-33-32-35-51(48)52/h32-33,35-36,42,47,49-50,53,58,61,67H,6-31,34,37-41,43-46H2,1-5H3,(H,62,72)(H,63,73)(H,64,68)(H,65,70)(H,66,69)/t47-,49-,50+,53-,58-/m0/s1. The van der Waals surface area contributed by atoms with Crippen LogP contribution in [0.4, 0.5) is 0 Å². The van der Waals surface area contributed by atoms with Gasteiger partial charge in [-0.1, -0.05) is 200 Å². The summed E-state index contributed by atoms with van der Waals surface area (Å²) in [4.78, 5) is 82.5. The summed E-state index contributed by atoms with van der Waals surface area (Å²) in [6, 6.07) is 4.78. The average Bonchev–Trinajstić information content (AvgIpc) is 3.81. The van der Waals surface area contributed by atoms with Crippen LogP contribution in [-0.4, -0.2) is 103 Å². The van der Waals surface area contributed by atoms with Gasteiger partial charge < -0.3 is 46.1 Å². The van der Waals surface area contributed by atoms with Gasteiger partial charge in [0.2, 0.25) is 29.5 Å². The molecule has 0 radical (unpaired) electrons. The SMILES string of the molecule is CCCCCCCCCCCCCC(=O)N[C@@H](CNC(=O)[C@H](CO)NC(=O)CNC(=O)[C@@H](NC(=O)Cc1c[nH]c2ccccc12)[C@@H](C)CC)COCC[C@@H](CCCCCCC)OC(=O)CCCCCCCCCCC. The molecule has 0 aliphatic heterocycles. The fourth-order valence-corrected chi connectivity index (χ4v) is 9.35. The number of aliphatic hydroxyl groups excluding tert-OH is 1. The number of hydrogen-bond acceptors (Lipinski definition) is 9. The number of carbonyl (C=O) groups excluding carboxylic acids is 6. The van der Waals surface area contributed by atoms with Crippen LogP contribution < -0.4 is 26.6 Å². The summed E-state index contributed by atoms with van der Waals surface area (Å²) in [6.07, 6.45) is 33.1. The summed E-state index contributed by atoms with van der Waals surface area (Å²) >= 11 is 0. The number of nitrogens with one attached hydrogen (secondary N) is 6. The van der Waals surface area contributed by atoms with Crippen molar-refractivity contribution in [2.75, 3.05) is 32.9 Å². The van der Waals surface area contributed by atoms with E-state index < -0.39 is 49.0 Å². The molecule has 0 fully saturated rings. The molecule has 15 nitrogen and oxygen atoms in total. The fourth-order valence-electron chi connectivity index (χ4n) is 9.35. The minimum absolute atomic E-state index is 0.0324. The van der Waals surface area contributed by atoms with Gasteiger partial charge in [-0.15, -0.1) is 0 Å². The molecule has 1 aromatic heterocycles. The highest BCUT2D eigenvalue weighted by atomic mass is 16.5. The number of rotatable bonds is 48. The first kappa shape index (κ1) is 66.6. The molecule has 5 atom stereocenters. The Bertz CT molecular complexity index is 1840. The Kier molecular flexibility index (Phi) is 38.7. The van der Waals surface area contributed by atoms with Gasteiger partial charge in [0.05, 0.1) is 38.8 Å². The Morgan fingerprint density at radius 3 is 1.75 bits per heavy atom. The van der Waals surface area contributed by atoms with Gasteiger partial charge in [0.25, 0.3) is 0 Å². The average molecular weight is 1050 g/mol. The second-order valence-electron chi connectivity index (χ2n) is 21.0. The summed E-state index contributed by atoms with van der Waals surface area (Å²) < 4.78 is 12.1. The lowest BCUT2D eigenvalue weighted by molar-refractivity contribution is -0.150. The molecule has 1 aromatic carbocycles. The Hall–Kier alpha value is -4.50. The highest BCUT2D eigenvalue weighted by Gasteiger charge is 2.28. The molecule has 0 aliphatic carbocycles. The van der Waals surface area contributed by atoms with Crippen molar-refractivity contribution in [3.8, 4) is 0 Å². The molecule has 2 rings (SSSR count). The van der Waals surface area contributed by atoms with Gasteiger partial charge in [0, 0.05) is 42.9 Å². The zero-order valence-corrected chi connectivity index (χ0v) is 47.4. The van der Waals surface area contributed by atoms with E-state index in [1.807, 2.05) is 38.1 Å². The number of carbonyl (C=O) groups is 6. The second-order valence-corrected chi connectivity index (χ2v) is 21.0. The van der Waals surface area contributed by atoms with E-state index in [4.69, 9.17) is 9.47 Å². The van der Waals surface area contributed by atoms with Crippen LogP contribution in [0.25, 0.3) is 10.9 Å². The molecule has 7 N–H and O–H groups in total. The summed E-state index contributed by atoms with van der Waals surface area (Å²) in [7, 11) is 0. The molecular formula is C60H104N6O9. The van der Waals surface area contributed by atoms with Gasteiger partial charge in [-0.05, 0) is 43.2 Å². The van der Waals surface area contributed by atoms with E-state index in [1.165, 1.54) is 89.9 Å². The van der Waals surface area contributed by atoms with E-state index >= 15 is 0 Å². The summed E-state index contributed by atoms with van der Waals surface area (Å²) in [6.45, 7) is 9.52. The quantitative estimate of drug-likeness (QED) is 0.0247. The third-order valence-corrected chi connectivity index (χ3v) is 14.3. The first-order valence-electron chi connectivity index (χ1n) is 29.8. The maximum absolute atomic E-state index is 13.4. The molecule has 0 aliphatic rings. The van der Waals surface area contributed by atoms with Crippen molar-refractivity contribution in [1.29, 1.82) is 0 Å². The highest BCUT2D eigenvalue weighted by Crippen LogP contribution is 2.20. The molecule has 0 saturated heterocycles. The predicted molar refractivity (Wildman–Crippen MR) is 302 cm³/mol. The Balaban J connectivity index is 1.97. The molecule has 428 valence electrons. The van der Waals surface area contributed by atoms with Crippen LogP contribution in [0, 0.1) is 5.92 Å². The molecule has 1 heterocycles. The fraction of sp³-hybridized carbons (Fsp3) is 0.767. The monoisotopic (exact) mass is 1050 g/mol. The number of hydrogen-bond donors (Lipinski definition) is 7. The number of aromatic nitrogens is 1. The predicted octanol–water partition coefficient (Wildman–Crippen LogP) is 10.7. The van der Waals surface area contributed by atoms with Gasteiger partial charge >= 0.3 is 5.97 Å². The summed E-state index contributed by atoms with van der Waals surface area (Å²) in [5.41, 5.74) is 1.70. The van der Waals surface area contributed by atoms with Gasteiger partial charge in [-0.2, -0.15) is 0 Å². The van der Waals surface area contributed by atoms with E-state index in [0.29, 0.717) is 25.7 Å². The van der Waals surface area contributed by atoms with E-state index in [9.17, 15) is 33.9 Å². The van der Waals surface area contributed by atoms with Crippen molar-refractivity contribution in [3.05, 3.63) is 36.0 Å². The molecule has 0 saturated carbocycles. The normalized spacial score (nSPS) is 13.4. The van der Waals surface area contributed by atoms with Crippen LogP contribution in [0.1, 0.15) is 233 Å². The van der Waals surface area contributed by atoms with E-state index in [0.717, 1.165) is 93.5 Å². The molecule has 75 heavy (non-hydrogen) atoms. The van der Waals surface area contributed by atoms with Crippen molar-refractivity contribution < 1.29 is 43.3 Å². The zero-order valence-electron chi connectivity index (χ0n) is 47.4. The Morgan fingerprint density at radius 1 is 0.600 bits per heavy atom. The number of H-pyrrole nitrogens is 1. The van der Waals surface area contributed by atoms with Crippen molar-refractivity contribution in [2.24, 2.45) is 5.92 Å². The third kappa shape index (κ3) is 32.0. The molecule has 2 aromatic rings. The van der Waals surface area contributed by atoms with E-state index in [1.54, 1.807) is 6.20 Å². The minimum atomic E-state index is -1.34. The maximum atomic E-state index is 13.4. The van der Waals surface area contributed by atoms with Crippen LogP contribution in [0.5, 0.6) is 0 Å². The lowest BCUT2D eigenvalue weighted by Crippen LogP contribution is -2.55. The van der Waals surface area contributed by atoms with Crippen LogP contribution in [0.2, 0.25) is 0 Å². The first-order valence-corrected chi connectivity index (χ1v) is 29.8. The van der Waals surface area contributed by atoms with Crippen LogP contribution in [0.15, 0.2) is 30.5 Å². The molecular weight excluding hydrogens is 949 g/mol. The molecule has 5 amide bonds. The molecule has 0 unspecified atom stereocenters. The second kappa shape index (κ2) is 43.6. The maximum Gasteiger partial charge on any atom is 0.306 e. The minimum Gasteiger partial charge on any atom is -0.462 e. The number of ether oxygens (including phenoxy) is 2. The Labute approximate surface area is 452 Å². The number of benzene rings is 1. The number of fused-ring (bicyclic) bond motifs is 1. The van der Waals surface area contributed by atoms with Gasteiger partial charge in [-0.3, -0.25) is 28.8 Å². The number of unbranched alkanes of at least 4 members (excludes halogenated alkanes) is 22. The molecule has 0 bridgehead atoms. The van der Waals surface area contributed by atoms with E-state index in [-0.39, 0.29) is 56.0 Å². The van der Waals surface area contributed by atoms with Crippen LogP contribution in [0.3, 0.4) is 0 Å². The number of aliphatic hydroxyl groups is 1. The Morgan fingerprint density at radius 2 is 1.16 bits per heavy atom. The molecule has 15 heteroatoms. The summed E-state index contributed by atoms with van der Waals surface area (Å²) in [5.74, 6) is -2.84. The number of amides is 5.